The van der Waals surface area contributed by atoms with Gasteiger partial charge in [-0.05, 0) is 62.8 Å². The molecule has 6 heteroatoms. The maximum Gasteiger partial charge on any atom is 0.243 e. The third-order valence-corrected chi connectivity index (χ3v) is 6.82. The molecular weight excluding hydrogens is 310 g/mol. The van der Waals surface area contributed by atoms with Crippen LogP contribution in [-0.2, 0) is 10.0 Å². The van der Waals surface area contributed by atoms with E-state index in [1.165, 1.54) is 18.9 Å². The number of nitrogens with zero attached hydrogens (tertiary/aromatic N) is 2. The summed E-state index contributed by atoms with van der Waals surface area (Å²) in [7, 11) is -3.51. The number of hydrogen-bond donors (Lipinski definition) is 1. The van der Waals surface area contributed by atoms with Gasteiger partial charge in [-0.25, -0.2) is 8.42 Å². The van der Waals surface area contributed by atoms with Crippen molar-refractivity contribution in [2.45, 2.75) is 43.5 Å². The van der Waals surface area contributed by atoms with Crippen molar-refractivity contribution in [3.8, 4) is 6.07 Å². The lowest BCUT2D eigenvalue weighted by atomic mass is 10.1. The standard InChI is InChI=1S/C17H23N3O2S/c1-13-2-3-15(11-18)10-17(13)23(21,22)20-8-6-16(7-9-20)19-12-14-4-5-14/h2-3,10,14,16,19H,4-9,12H2,1H3. The molecule has 0 aromatic heterocycles. The summed E-state index contributed by atoms with van der Waals surface area (Å²) in [6.07, 6.45) is 4.36. The van der Waals surface area contributed by atoms with Gasteiger partial charge in [-0.15, -0.1) is 0 Å². The van der Waals surface area contributed by atoms with E-state index in [0.29, 0.717) is 30.3 Å². The van der Waals surface area contributed by atoms with Gasteiger partial charge in [0.1, 0.15) is 0 Å². The van der Waals surface area contributed by atoms with Gasteiger partial charge in [0.15, 0.2) is 0 Å². The number of hydrogen-bond acceptors (Lipinski definition) is 4. The molecule has 0 radical (unpaired) electrons. The van der Waals surface area contributed by atoms with Gasteiger partial charge in [-0.2, -0.15) is 9.57 Å². The molecule has 124 valence electrons. The Bertz CT molecular complexity index is 712. The molecular formula is C17H23N3O2S. The highest BCUT2D eigenvalue weighted by atomic mass is 32.2. The highest BCUT2D eigenvalue weighted by molar-refractivity contribution is 7.89. The second-order valence-electron chi connectivity index (χ2n) is 6.62. The Morgan fingerprint density at radius 3 is 2.57 bits per heavy atom. The van der Waals surface area contributed by atoms with E-state index in [1.807, 2.05) is 6.07 Å². The van der Waals surface area contributed by atoms with E-state index in [4.69, 9.17) is 5.26 Å². The zero-order chi connectivity index (χ0) is 16.4. The fourth-order valence-electron chi connectivity index (χ4n) is 3.04. The van der Waals surface area contributed by atoms with E-state index in [9.17, 15) is 8.42 Å². The molecule has 23 heavy (non-hydrogen) atoms. The number of aryl methyl sites for hydroxylation is 1. The molecule has 1 aromatic rings. The predicted molar refractivity (Wildman–Crippen MR) is 88.4 cm³/mol. The molecule has 5 nitrogen and oxygen atoms in total. The summed E-state index contributed by atoms with van der Waals surface area (Å²) in [5.41, 5.74) is 1.08. The molecule has 0 amide bonds. The van der Waals surface area contributed by atoms with Gasteiger partial charge in [0.25, 0.3) is 0 Å². The van der Waals surface area contributed by atoms with Crippen LogP contribution in [0.4, 0.5) is 0 Å². The first kappa shape index (κ1) is 16.4. The van der Waals surface area contributed by atoms with Gasteiger partial charge in [0.05, 0.1) is 16.5 Å². The summed E-state index contributed by atoms with van der Waals surface area (Å²) in [6.45, 7) is 3.93. The highest BCUT2D eigenvalue weighted by Crippen LogP contribution is 2.29. The summed E-state index contributed by atoms with van der Waals surface area (Å²) < 4.78 is 27.3. The zero-order valence-corrected chi connectivity index (χ0v) is 14.3. The minimum Gasteiger partial charge on any atom is -0.314 e. The van der Waals surface area contributed by atoms with Crippen molar-refractivity contribution in [2.75, 3.05) is 19.6 Å². The van der Waals surface area contributed by atoms with E-state index in [-0.39, 0.29) is 4.90 Å². The molecule has 1 aliphatic heterocycles. The molecule has 0 atom stereocenters. The average Bonchev–Trinajstić information content (AvgIpc) is 3.38. The van der Waals surface area contributed by atoms with Crippen LogP contribution in [0, 0.1) is 24.2 Å². The lowest BCUT2D eigenvalue weighted by molar-refractivity contribution is 0.288. The van der Waals surface area contributed by atoms with E-state index < -0.39 is 10.0 Å². The van der Waals surface area contributed by atoms with E-state index in [0.717, 1.165) is 25.3 Å². The minimum absolute atomic E-state index is 0.265. The first-order chi connectivity index (χ1) is 11.0. The number of nitrogens with one attached hydrogen (secondary N) is 1. The quantitative estimate of drug-likeness (QED) is 0.895. The smallest absolute Gasteiger partial charge is 0.243 e. The van der Waals surface area contributed by atoms with Crippen LogP contribution in [0.3, 0.4) is 0 Å². The van der Waals surface area contributed by atoms with Crippen molar-refractivity contribution in [3.05, 3.63) is 29.3 Å². The van der Waals surface area contributed by atoms with Crippen molar-refractivity contribution in [1.29, 1.82) is 5.26 Å². The first-order valence-electron chi connectivity index (χ1n) is 8.25. The Labute approximate surface area is 138 Å². The van der Waals surface area contributed by atoms with Crippen molar-refractivity contribution in [1.82, 2.24) is 9.62 Å². The third kappa shape index (κ3) is 3.74. The maximum atomic E-state index is 12.9. The van der Waals surface area contributed by atoms with E-state index in [1.54, 1.807) is 23.4 Å². The molecule has 0 bridgehead atoms. The van der Waals surface area contributed by atoms with Crippen molar-refractivity contribution in [2.24, 2.45) is 5.92 Å². The summed E-state index contributed by atoms with van der Waals surface area (Å²) in [5.74, 6) is 0.841. The van der Waals surface area contributed by atoms with Crippen LogP contribution in [0.5, 0.6) is 0 Å². The molecule has 1 heterocycles. The fraction of sp³-hybridized carbons (Fsp3) is 0.588. The molecule has 1 saturated heterocycles. The first-order valence-corrected chi connectivity index (χ1v) is 9.69. The highest BCUT2D eigenvalue weighted by Gasteiger charge is 2.31. The van der Waals surface area contributed by atoms with Gasteiger partial charge in [-0.3, -0.25) is 0 Å². The molecule has 1 N–H and O–H groups in total. The SMILES string of the molecule is Cc1ccc(C#N)cc1S(=O)(=O)N1CCC(NCC2CC2)CC1. The van der Waals surface area contributed by atoms with Crippen LogP contribution in [-0.4, -0.2) is 38.4 Å². The number of rotatable bonds is 5. The van der Waals surface area contributed by atoms with Crippen LogP contribution in [0.1, 0.15) is 36.8 Å². The van der Waals surface area contributed by atoms with Gasteiger partial charge < -0.3 is 5.32 Å². The molecule has 1 saturated carbocycles. The lowest BCUT2D eigenvalue weighted by Gasteiger charge is -2.32. The van der Waals surface area contributed by atoms with Crippen molar-refractivity contribution in [3.63, 3.8) is 0 Å². The molecule has 2 fully saturated rings. The second kappa shape index (κ2) is 6.60. The molecule has 2 aliphatic rings. The molecule has 0 spiro atoms. The van der Waals surface area contributed by atoms with Gasteiger partial charge in [-0.1, -0.05) is 6.07 Å². The monoisotopic (exact) mass is 333 g/mol. The van der Waals surface area contributed by atoms with Gasteiger partial charge in [0, 0.05) is 19.1 Å². The summed E-state index contributed by atoms with van der Waals surface area (Å²) in [5, 5.41) is 12.6. The Morgan fingerprint density at radius 2 is 1.96 bits per heavy atom. The van der Waals surface area contributed by atoms with Crippen LogP contribution in [0.15, 0.2) is 23.1 Å². The maximum absolute atomic E-state index is 12.9. The van der Waals surface area contributed by atoms with Crippen LogP contribution in [0.2, 0.25) is 0 Å². The van der Waals surface area contributed by atoms with Crippen molar-refractivity contribution < 1.29 is 8.42 Å². The van der Waals surface area contributed by atoms with Crippen molar-refractivity contribution >= 4 is 10.0 Å². The predicted octanol–water partition coefficient (Wildman–Crippen LogP) is 2.02. The van der Waals surface area contributed by atoms with Crippen LogP contribution in [0.25, 0.3) is 0 Å². The largest absolute Gasteiger partial charge is 0.314 e. The van der Waals surface area contributed by atoms with Crippen LogP contribution < -0.4 is 5.32 Å². The summed E-state index contributed by atoms with van der Waals surface area (Å²) in [4.78, 5) is 0.265. The number of benzene rings is 1. The number of nitriles is 1. The molecule has 0 unspecified atom stereocenters. The second-order valence-corrected chi connectivity index (χ2v) is 8.53. The normalized spacial score (nSPS) is 20.3. The number of piperidine rings is 1. The van der Waals surface area contributed by atoms with Crippen LogP contribution >= 0.6 is 0 Å². The molecule has 1 aliphatic carbocycles. The summed E-state index contributed by atoms with van der Waals surface area (Å²) in [6, 6.07) is 7.29. The fourth-order valence-corrected chi connectivity index (χ4v) is 4.76. The molecule has 1 aromatic carbocycles. The molecule has 3 rings (SSSR count). The average molecular weight is 333 g/mol. The topological polar surface area (TPSA) is 73.2 Å². The number of sulfonamides is 1. The Hall–Kier alpha value is -1.42. The third-order valence-electron chi connectivity index (χ3n) is 4.78. The van der Waals surface area contributed by atoms with E-state index >= 15 is 0 Å². The minimum atomic E-state index is -3.51. The zero-order valence-electron chi connectivity index (χ0n) is 13.5. The van der Waals surface area contributed by atoms with Gasteiger partial charge >= 0.3 is 0 Å². The Kier molecular flexibility index (Phi) is 4.72. The summed E-state index contributed by atoms with van der Waals surface area (Å²) >= 11 is 0. The van der Waals surface area contributed by atoms with Gasteiger partial charge in [0.2, 0.25) is 10.0 Å². The lowest BCUT2D eigenvalue weighted by Crippen LogP contribution is -2.45. The van der Waals surface area contributed by atoms with E-state index in [2.05, 4.69) is 5.32 Å². The Morgan fingerprint density at radius 1 is 1.26 bits per heavy atom. The Balaban J connectivity index is 1.67.